The Morgan fingerprint density at radius 2 is 1.81 bits per heavy atom. The molecule has 7 nitrogen and oxygen atoms in total. The van der Waals surface area contributed by atoms with Crippen LogP contribution in [0.3, 0.4) is 0 Å². The van der Waals surface area contributed by atoms with Gasteiger partial charge >= 0.3 is 0 Å². The van der Waals surface area contributed by atoms with Crippen molar-refractivity contribution < 1.29 is 9.59 Å². The first-order chi connectivity index (χ1) is 12.8. The van der Waals surface area contributed by atoms with Crippen LogP contribution in [0.4, 0.5) is 5.82 Å². The third kappa shape index (κ3) is 3.79. The van der Waals surface area contributed by atoms with Crippen LogP contribution in [-0.4, -0.2) is 26.7 Å². The number of carbonyl (C=O) groups excluding carboxylic acids is 2. The Morgan fingerprint density at radius 3 is 2.37 bits per heavy atom. The number of aryl methyl sites for hydroxylation is 1. The molecule has 0 spiro atoms. The van der Waals surface area contributed by atoms with Crippen LogP contribution in [-0.2, 0) is 6.54 Å². The number of primary amides is 1. The van der Waals surface area contributed by atoms with Crippen molar-refractivity contribution >= 4 is 40.7 Å². The van der Waals surface area contributed by atoms with E-state index in [0.717, 1.165) is 5.56 Å². The first-order valence-corrected chi connectivity index (χ1v) is 8.61. The van der Waals surface area contributed by atoms with Crippen molar-refractivity contribution in [2.24, 2.45) is 5.73 Å². The molecule has 1 heterocycles. The zero-order valence-electron chi connectivity index (χ0n) is 14.2. The number of ketones is 1. The maximum atomic E-state index is 12.8. The van der Waals surface area contributed by atoms with Crippen molar-refractivity contribution in [2.75, 3.05) is 5.73 Å². The first kappa shape index (κ1) is 18.9. The van der Waals surface area contributed by atoms with E-state index in [2.05, 4.69) is 10.3 Å². The van der Waals surface area contributed by atoms with Gasteiger partial charge in [-0.15, -0.1) is 5.10 Å². The molecule has 0 aliphatic carbocycles. The number of halogens is 2. The Bertz CT molecular complexity index is 1020. The molecular formula is C18H15Cl2N5O2. The normalized spacial score (nSPS) is 10.8. The van der Waals surface area contributed by atoms with Gasteiger partial charge in [0.05, 0.1) is 11.6 Å². The zero-order chi connectivity index (χ0) is 19.7. The van der Waals surface area contributed by atoms with Crippen molar-refractivity contribution in [3.05, 3.63) is 74.4 Å². The van der Waals surface area contributed by atoms with E-state index < -0.39 is 5.91 Å². The molecule has 4 N–H and O–H groups in total. The summed E-state index contributed by atoms with van der Waals surface area (Å²) in [5.74, 6) is -0.883. The number of aromatic nitrogens is 3. The summed E-state index contributed by atoms with van der Waals surface area (Å²) in [5, 5.41) is 8.34. The Morgan fingerprint density at radius 1 is 1.15 bits per heavy atom. The third-order valence-corrected chi connectivity index (χ3v) is 4.57. The SMILES string of the molecule is Cc1cc(Cn2nnc(C(N)=O)c2N)cc(Cl)c1C(=O)c1ccc(Cl)cc1. The number of carbonyl (C=O) groups is 2. The molecule has 1 aromatic heterocycles. The summed E-state index contributed by atoms with van der Waals surface area (Å²) in [6, 6.07) is 10.1. The summed E-state index contributed by atoms with van der Waals surface area (Å²) < 4.78 is 1.34. The molecule has 0 aliphatic heterocycles. The van der Waals surface area contributed by atoms with Crippen molar-refractivity contribution in [2.45, 2.75) is 13.5 Å². The van der Waals surface area contributed by atoms with Crippen molar-refractivity contribution in [3.63, 3.8) is 0 Å². The second kappa shape index (κ2) is 7.38. The van der Waals surface area contributed by atoms with Crippen LogP contribution in [0.15, 0.2) is 36.4 Å². The number of amides is 1. The van der Waals surface area contributed by atoms with E-state index >= 15 is 0 Å². The van der Waals surface area contributed by atoms with Gasteiger partial charge in [-0.3, -0.25) is 9.59 Å². The fraction of sp³-hybridized carbons (Fsp3) is 0.111. The van der Waals surface area contributed by atoms with Crippen molar-refractivity contribution in [3.8, 4) is 0 Å². The average molecular weight is 404 g/mol. The van der Waals surface area contributed by atoms with E-state index in [-0.39, 0.29) is 23.8 Å². The molecule has 0 bridgehead atoms. The number of anilines is 1. The van der Waals surface area contributed by atoms with Crippen molar-refractivity contribution in [1.82, 2.24) is 15.0 Å². The van der Waals surface area contributed by atoms with Gasteiger partial charge in [0.2, 0.25) is 0 Å². The van der Waals surface area contributed by atoms with Gasteiger partial charge in [-0.1, -0.05) is 34.5 Å². The fourth-order valence-corrected chi connectivity index (χ4v) is 3.23. The second-order valence-electron chi connectivity index (χ2n) is 5.95. The average Bonchev–Trinajstić information content (AvgIpc) is 2.95. The summed E-state index contributed by atoms with van der Waals surface area (Å²) >= 11 is 12.2. The summed E-state index contributed by atoms with van der Waals surface area (Å²) in [6.45, 7) is 2.01. The number of rotatable bonds is 5. The molecule has 138 valence electrons. The van der Waals surface area contributed by atoms with Gasteiger partial charge in [0.25, 0.3) is 5.91 Å². The highest BCUT2D eigenvalue weighted by molar-refractivity contribution is 6.35. The van der Waals surface area contributed by atoms with Crippen LogP contribution < -0.4 is 11.5 Å². The minimum atomic E-state index is -0.753. The minimum Gasteiger partial charge on any atom is -0.382 e. The summed E-state index contributed by atoms with van der Waals surface area (Å²) in [7, 11) is 0. The summed E-state index contributed by atoms with van der Waals surface area (Å²) in [5.41, 5.74) is 13.3. The molecule has 9 heteroatoms. The number of hydrogen-bond acceptors (Lipinski definition) is 5. The van der Waals surface area contributed by atoms with E-state index in [4.69, 9.17) is 34.7 Å². The lowest BCUT2D eigenvalue weighted by molar-refractivity contribution is 0.0994. The first-order valence-electron chi connectivity index (χ1n) is 7.86. The van der Waals surface area contributed by atoms with E-state index in [1.165, 1.54) is 4.68 Å². The molecule has 2 aromatic carbocycles. The molecule has 0 unspecified atom stereocenters. The monoisotopic (exact) mass is 403 g/mol. The zero-order valence-corrected chi connectivity index (χ0v) is 15.8. The van der Waals surface area contributed by atoms with Gasteiger partial charge in [0, 0.05) is 16.1 Å². The van der Waals surface area contributed by atoms with Gasteiger partial charge in [0.15, 0.2) is 17.3 Å². The number of nitrogens with zero attached hydrogens (tertiary/aromatic N) is 3. The Kier molecular flexibility index (Phi) is 5.16. The van der Waals surface area contributed by atoms with Crippen LogP contribution in [0.5, 0.6) is 0 Å². The Balaban J connectivity index is 1.92. The number of nitrogens with two attached hydrogens (primary N) is 2. The highest BCUT2D eigenvalue weighted by Gasteiger charge is 2.18. The van der Waals surface area contributed by atoms with Gasteiger partial charge in [0.1, 0.15) is 0 Å². The van der Waals surface area contributed by atoms with Gasteiger partial charge in [-0.2, -0.15) is 0 Å². The summed E-state index contributed by atoms with van der Waals surface area (Å²) in [6.07, 6.45) is 0. The number of hydrogen-bond donors (Lipinski definition) is 2. The molecule has 1 amide bonds. The van der Waals surface area contributed by atoms with E-state index in [1.54, 1.807) is 43.3 Å². The predicted molar refractivity (Wildman–Crippen MR) is 103 cm³/mol. The topological polar surface area (TPSA) is 117 Å². The van der Waals surface area contributed by atoms with Gasteiger partial charge in [-0.25, -0.2) is 4.68 Å². The van der Waals surface area contributed by atoms with Crippen LogP contribution in [0.1, 0.15) is 37.5 Å². The molecule has 0 fully saturated rings. The van der Waals surface area contributed by atoms with E-state index in [1.807, 2.05) is 0 Å². The highest BCUT2D eigenvalue weighted by atomic mass is 35.5. The standard InChI is InChI=1S/C18H15Cl2N5O2/c1-9-6-10(8-25-17(21)15(18(22)27)23-24-25)7-13(20)14(9)16(26)11-2-4-12(19)5-3-11/h2-7H,8,21H2,1H3,(H2,22,27). The Hall–Kier alpha value is -2.90. The number of nitrogen functional groups attached to an aromatic ring is 1. The molecule has 3 aromatic rings. The van der Waals surface area contributed by atoms with E-state index in [9.17, 15) is 9.59 Å². The highest BCUT2D eigenvalue weighted by Crippen LogP contribution is 2.26. The molecule has 0 radical (unpaired) electrons. The minimum absolute atomic E-state index is 0.0672. The van der Waals surface area contributed by atoms with Crippen LogP contribution >= 0.6 is 23.2 Å². The molecule has 0 saturated heterocycles. The lowest BCUT2D eigenvalue weighted by atomic mass is 9.97. The van der Waals surface area contributed by atoms with Crippen LogP contribution in [0.2, 0.25) is 10.0 Å². The smallest absolute Gasteiger partial charge is 0.273 e. The van der Waals surface area contributed by atoms with Gasteiger partial charge in [-0.05, 0) is 48.4 Å². The largest absolute Gasteiger partial charge is 0.382 e. The Labute approximate surface area is 164 Å². The maximum Gasteiger partial charge on any atom is 0.273 e. The quantitative estimate of drug-likeness (QED) is 0.635. The molecule has 27 heavy (non-hydrogen) atoms. The van der Waals surface area contributed by atoms with E-state index in [0.29, 0.717) is 26.7 Å². The van der Waals surface area contributed by atoms with Gasteiger partial charge < -0.3 is 11.5 Å². The maximum absolute atomic E-state index is 12.8. The number of benzene rings is 2. The lowest BCUT2D eigenvalue weighted by Gasteiger charge is -2.11. The predicted octanol–water partition coefficient (Wildman–Crippen LogP) is 2.85. The molecule has 0 saturated carbocycles. The molecule has 0 aliphatic rings. The molecule has 0 atom stereocenters. The molecular weight excluding hydrogens is 389 g/mol. The lowest BCUT2D eigenvalue weighted by Crippen LogP contribution is -2.15. The summed E-state index contributed by atoms with van der Waals surface area (Å²) in [4.78, 5) is 24.0. The molecule has 3 rings (SSSR count). The second-order valence-corrected chi connectivity index (χ2v) is 6.79. The van der Waals surface area contributed by atoms with Crippen LogP contribution in [0, 0.1) is 6.92 Å². The van der Waals surface area contributed by atoms with Crippen LogP contribution in [0.25, 0.3) is 0 Å². The third-order valence-electron chi connectivity index (χ3n) is 4.02. The van der Waals surface area contributed by atoms with Crippen molar-refractivity contribution in [1.29, 1.82) is 0 Å². The fourth-order valence-electron chi connectivity index (χ4n) is 2.73.